The van der Waals surface area contributed by atoms with E-state index in [2.05, 4.69) is 21.0 Å². The molecule has 0 spiro atoms. The summed E-state index contributed by atoms with van der Waals surface area (Å²) in [6.45, 7) is 1.24. The number of fused-ring (bicyclic) bond motifs is 1. The largest absolute Gasteiger partial charge is 0.352 e. The highest BCUT2D eigenvalue weighted by atomic mass is 19.1. The zero-order valence-corrected chi connectivity index (χ0v) is 13.8. The second-order valence-electron chi connectivity index (χ2n) is 5.44. The Hall–Kier alpha value is -2.64. The number of rotatable bonds is 7. The number of benzene rings is 1. The maximum Gasteiger partial charge on any atom is 0.315 e. The lowest BCUT2D eigenvalue weighted by Crippen LogP contribution is -2.49. The van der Waals surface area contributed by atoms with Crippen molar-refractivity contribution >= 4 is 22.8 Å². The molecule has 0 aliphatic rings. The van der Waals surface area contributed by atoms with Crippen molar-refractivity contribution in [1.82, 2.24) is 25.7 Å². The van der Waals surface area contributed by atoms with Gasteiger partial charge in [0.05, 0.1) is 11.2 Å². The summed E-state index contributed by atoms with van der Waals surface area (Å²) in [7, 11) is 1.88. The summed E-state index contributed by atoms with van der Waals surface area (Å²) in [5, 5.41) is 13.1. The first-order valence-corrected chi connectivity index (χ1v) is 7.81. The zero-order valence-electron chi connectivity index (χ0n) is 13.8. The van der Waals surface area contributed by atoms with E-state index in [0.717, 1.165) is 16.6 Å². The van der Waals surface area contributed by atoms with Gasteiger partial charge in [0.1, 0.15) is 12.7 Å². The summed E-state index contributed by atoms with van der Waals surface area (Å²) < 4.78 is 13.8. The maximum atomic E-state index is 12.0. The number of hydrogen-bond donors (Lipinski definition) is 3. The lowest BCUT2D eigenvalue weighted by atomic mass is 10.2. The standard InChI is InChI=1S/C16H22FN5O2/c1-11(15(23)18-10-8-17)20-16(24)19-9-7-13-12-5-3-4-6-14(12)22(2)21-13/h3-6,11H,7-10H2,1-2H3,(H,18,23)(H2,19,20,24)/t11-/m0/s1. The van der Waals surface area contributed by atoms with E-state index in [1.54, 1.807) is 6.92 Å². The number of alkyl halides is 1. The zero-order chi connectivity index (χ0) is 17.5. The Morgan fingerprint density at radius 1 is 1.25 bits per heavy atom. The van der Waals surface area contributed by atoms with Crippen LogP contribution in [0.15, 0.2) is 24.3 Å². The molecule has 0 fully saturated rings. The number of hydrogen-bond acceptors (Lipinski definition) is 3. The highest BCUT2D eigenvalue weighted by Crippen LogP contribution is 2.17. The molecular weight excluding hydrogens is 313 g/mol. The van der Waals surface area contributed by atoms with E-state index in [1.807, 2.05) is 36.0 Å². The molecular formula is C16H22FN5O2. The summed E-state index contributed by atoms with van der Waals surface area (Å²) in [6.07, 6.45) is 0.581. The normalized spacial score (nSPS) is 12.0. The summed E-state index contributed by atoms with van der Waals surface area (Å²) >= 11 is 0. The Morgan fingerprint density at radius 2 is 2.00 bits per heavy atom. The minimum atomic E-state index is -0.729. The highest BCUT2D eigenvalue weighted by molar-refractivity contribution is 5.86. The third kappa shape index (κ3) is 4.43. The van der Waals surface area contributed by atoms with Crippen molar-refractivity contribution in [1.29, 1.82) is 0 Å². The first kappa shape index (κ1) is 17.7. The van der Waals surface area contributed by atoms with Crippen LogP contribution in [0.4, 0.5) is 9.18 Å². The molecule has 0 unspecified atom stereocenters. The van der Waals surface area contributed by atoms with Gasteiger partial charge in [-0.25, -0.2) is 9.18 Å². The summed E-state index contributed by atoms with van der Waals surface area (Å²) in [5.74, 6) is -0.418. The Balaban J connectivity index is 1.81. The van der Waals surface area contributed by atoms with Gasteiger partial charge in [-0.05, 0) is 13.0 Å². The molecule has 1 aromatic heterocycles. The summed E-state index contributed by atoms with van der Waals surface area (Å²) in [6, 6.07) is 6.71. The number of carbonyl (C=O) groups is 2. The van der Waals surface area contributed by atoms with Crippen LogP contribution in [0.5, 0.6) is 0 Å². The second kappa shape index (κ2) is 8.28. The van der Waals surface area contributed by atoms with Crippen molar-refractivity contribution in [2.75, 3.05) is 19.8 Å². The van der Waals surface area contributed by atoms with E-state index in [-0.39, 0.29) is 6.54 Å². The fraction of sp³-hybridized carbons (Fsp3) is 0.438. The SMILES string of the molecule is C[C@H](NC(=O)NCCc1nn(C)c2ccccc12)C(=O)NCCF. The van der Waals surface area contributed by atoms with E-state index in [9.17, 15) is 14.0 Å². The van der Waals surface area contributed by atoms with E-state index < -0.39 is 24.7 Å². The minimum absolute atomic E-state index is 0.0563. The Kier molecular flexibility index (Phi) is 6.11. The molecule has 2 rings (SSSR count). The average molecular weight is 335 g/mol. The number of aryl methyl sites for hydroxylation is 1. The fourth-order valence-electron chi connectivity index (χ4n) is 2.40. The van der Waals surface area contributed by atoms with Gasteiger partial charge in [0.15, 0.2) is 0 Å². The average Bonchev–Trinajstić information content (AvgIpc) is 2.89. The predicted octanol–water partition coefficient (Wildman–Crippen LogP) is 0.889. The van der Waals surface area contributed by atoms with Crippen LogP contribution in [0, 0.1) is 0 Å². The lowest BCUT2D eigenvalue weighted by Gasteiger charge is -2.14. The number of nitrogens with one attached hydrogen (secondary N) is 3. The van der Waals surface area contributed by atoms with Crippen LogP contribution < -0.4 is 16.0 Å². The van der Waals surface area contributed by atoms with Gasteiger partial charge in [-0.15, -0.1) is 0 Å². The molecule has 8 heteroatoms. The molecule has 1 aromatic carbocycles. The van der Waals surface area contributed by atoms with Crippen molar-refractivity contribution in [3.63, 3.8) is 0 Å². The molecule has 1 heterocycles. The van der Waals surface area contributed by atoms with Gasteiger partial charge in [-0.3, -0.25) is 9.48 Å². The van der Waals surface area contributed by atoms with Crippen LogP contribution in [0.2, 0.25) is 0 Å². The van der Waals surface area contributed by atoms with Crippen molar-refractivity contribution in [3.05, 3.63) is 30.0 Å². The lowest BCUT2D eigenvalue weighted by molar-refractivity contribution is -0.122. The van der Waals surface area contributed by atoms with Crippen molar-refractivity contribution in [3.8, 4) is 0 Å². The van der Waals surface area contributed by atoms with Gasteiger partial charge in [-0.2, -0.15) is 5.10 Å². The van der Waals surface area contributed by atoms with Crippen LogP contribution in [0.3, 0.4) is 0 Å². The van der Waals surface area contributed by atoms with Crippen molar-refractivity contribution < 1.29 is 14.0 Å². The molecule has 0 aliphatic heterocycles. The Labute approximate surface area is 139 Å². The molecule has 1 atom stereocenters. The number of urea groups is 1. The molecule has 0 saturated carbocycles. The van der Waals surface area contributed by atoms with Crippen LogP contribution >= 0.6 is 0 Å². The molecule has 3 N–H and O–H groups in total. The van der Waals surface area contributed by atoms with Gasteiger partial charge < -0.3 is 16.0 Å². The Bertz CT molecular complexity index is 716. The molecule has 130 valence electrons. The molecule has 3 amide bonds. The number of carbonyl (C=O) groups excluding carboxylic acids is 2. The first-order valence-electron chi connectivity index (χ1n) is 7.81. The molecule has 2 aromatic rings. The quantitative estimate of drug-likeness (QED) is 0.702. The van der Waals surface area contributed by atoms with Crippen LogP contribution in [-0.2, 0) is 18.3 Å². The monoisotopic (exact) mass is 335 g/mol. The minimum Gasteiger partial charge on any atom is -0.352 e. The molecule has 0 aliphatic carbocycles. The topological polar surface area (TPSA) is 88.1 Å². The van der Waals surface area contributed by atoms with Gasteiger partial charge in [-0.1, -0.05) is 18.2 Å². The third-order valence-corrected chi connectivity index (χ3v) is 3.62. The van der Waals surface area contributed by atoms with Gasteiger partial charge >= 0.3 is 6.03 Å². The smallest absolute Gasteiger partial charge is 0.315 e. The van der Waals surface area contributed by atoms with Gasteiger partial charge in [0.25, 0.3) is 0 Å². The van der Waals surface area contributed by atoms with Crippen LogP contribution in [-0.4, -0.2) is 47.5 Å². The van der Waals surface area contributed by atoms with Gasteiger partial charge in [0.2, 0.25) is 5.91 Å². The van der Waals surface area contributed by atoms with Crippen LogP contribution in [0.1, 0.15) is 12.6 Å². The maximum absolute atomic E-state index is 12.0. The van der Waals surface area contributed by atoms with E-state index >= 15 is 0 Å². The van der Waals surface area contributed by atoms with Crippen molar-refractivity contribution in [2.24, 2.45) is 7.05 Å². The fourth-order valence-corrected chi connectivity index (χ4v) is 2.40. The molecule has 24 heavy (non-hydrogen) atoms. The van der Waals surface area contributed by atoms with Crippen LogP contribution in [0.25, 0.3) is 10.9 Å². The second-order valence-corrected chi connectivity index (χ2v) is 5.44. The van der Waals surface area contributed by atoms with Gasteiger partial charge in [0, 0.05) is 31.9 Å². The van der Waals surface area contributed by atoms with E-state index in [4.69, 9.17) is 0 Å². The molecule has 7 nitrogen and oxygen atoms in total. The number of amides is 3. The van der Waals surface area contributed by atoms with E-state index in [1.165, 1.54) is 0 Å². The molecule has 0 radical (unpaired) electrons. The van der Waals surface area contributed by atoms with Crippen molar-refractivity contribution in [2.45, 2.75) is 19.4 Å². The Morgan fingerprint density at radius 3 is 2.75 bits per heavy atom. The summed E-state index contributed by atoms with van der Waals surface area (Å²) in [5.41, 5.74) is 1.94. The molecule has 0 saturated heterocycles. The number of halogens is 1. The van der Waals surface area contributed by atoms with E-state index in [0.29, 0.717) is 13.0 Å². The highest BCUT2D eigenvalue weighted by Gasteiger charge is 2.15. The first-order chi connectivity index (χ1) is 11.5. The number of para-hydroxylation sites is 1. The molecule has 0 bridgehead atoms. The third-order valence-electron chi connectivity index (χ3n) is 3.62. The number of nitrogens with zero attached hydrogens (tertiary/aromatic N) is 2. The summed E-state index contributed by atoms with van der Waals surface area (Å²) in [4.78, 5) is 23.3. The number of aromatic nitrogens is 2. The predicted molar refractivity (Wildman–Crippen MR) is 89.4 cm³/mol.